The molecule has 2 aromatic rings. The first-order valence-corrected chi connectivity index (χ1v) is 7.14. The second kappa shape index (κ2) is 5.44. The monoisotopic (exact) mass is 309 g/mol. The van der Waals surface area contributed by atoms with E-state index in [1.807, 2.05) is 20.8 Å². The van der Waals surface area contributed by atoms with Crippen molar-refractivity contribution in [1.82, 2.24) is 4.98 Å². The molecule has 0 aliphatic rings. The van der Waals surface area contributed by atoms with Gasteiger partial charge < -0.3 is 9.84 Å². The molecule has 0 radical (unpaired) electrons. The molecule has 4 nitrogen and oxygen atoms in total. The van der Waals surface area contributed by atoms with E-state index in [2.05, 4.69) is 4.98 Å². The normalized spacial score (nSPS) is 11.5. The van der Waals surface area contributed by atoms with Crippen LogP contribution in [0.15, 0.2) is 18.2 Å². The summed E-state index contributed by atoms with van der Waals surface area (Å²) in [5, 5.41) is 9.66. The number of halogens is 1. The molecule has 0 amide bonds. The van der Waals surface area contributed by atoms with E-state index >= 15 is 0 Å². The molecular weight excluding hydrogens is 293 g/mol. The summed E-state index contributed by atoms with van der Waals surface area (Å²) < 4.78 is 19.1. The Balaban J connectivity index is 2.58. The van der Waals surface area contributed by atoms with E-state index in [0.29, 0.717) is 16.5 Å². The number of benzene rings is 1. The molecule has 0 fully saturated rings. The second-order valence-corrected chi connectivity index (χ2v) is 6.60. The van der Waals surface area contributed by atoms with Crippen molar-refractivity contribution in [2.75, 3.05) is 7.11 Å². The molecule has 1 N–H and O–H groups in total. The third-order valence-corrected chi connectivity index (χ3v) is 4.02. The van der Waals surface area contributed by atoms with Gasteiger partial charge in [0.1, 0.15) is 21.5 Å². The second-order valence-electron chi connectivity index (χ2n) is 5.60. The first kappa shape index (κ1) is 15.4. The number of rotatable bonds is 3. The first-order chi connectivity index (χ1) is 9.74. The number of methoxy groups -OCH3 is 1. The van der Waals surface area contributed by atoms with Crippen LogP contribution in [0.3, 0.4) is 0 Å². The number of hydrogen-bond acceptors (Lipinski definition) is 4. The van der Waals surface area contributed by atoms with Crippen molar-refractivity contribution >= 4 is 17.3 Å². The number of ether oxygens (including phenoxy) is 1. The van der Waals surface area contributed by atoms with Gasteiger partial charge in [-0.15, -0.1) is 11.3 Å². The lowest BCUT2D eigenvalue weighted by molar-refractivity contribution is 0.0699. The van der Waals surface area contributed by atoms with E-state index in [9.17, 15) is 14.3 Å². The van der Waals surface area contributed by atoms with Crippen molar-refractivity contribution in [3.63, 3.8) is 0 Å². The average Bonchev–Trinajstić information content (AvgIpc) is 2.83. The number of aromatic nitrogens is 1. The topological polar surface area (TPSA) is 59.4 Å². The average molecular weight is 309 g/mol. The fourth-order valence-electron chi connectivity index (χ4n) is 1.88. The Labute approximate surface area is 126 Å². The fraction of sp³-hybridized carbons (Fsp3) is 0.333. The van der Waals surface area contributed by atoms with Crippen LogP contribution in [0.2, 0.25) is 0 Å². The highest BCUT2D eigenvalue weighted by Gasteiger charge is 2.28. The molecule has 6 heteroatoms. The lowest BCUT2D eigenvalue weighted by atomic mass is 9.91. The third-order valence-electron chi connectivity index (χ3n) is 2.94. The molecule has 0 aliphatic heterocycles. The maximum Gasteiger partial charge on any atom is 0.347 e. The van der Waals surface area contributed by atoms with Gasteiger partial charge in [0.2, 0.25) is 0 Å². The summed E-state index contributed by atoms with van der Waals surface area (Å²) in [5.74, 6) is -1.12. The standard InChI is InChI=1S/C15H16FNO3S/c1-15(2,3)12-11(14(18)19)21-13(17-12)9-6-5-8(20-4)7-10(9)16/h5-7H,1-4H3,(H,18,19). The summed E-state index contributed by atoms with van der Waals surface area (Å²) in [6, 6.07) is 4.43. The molecule has 2 rings (SSSR count). The number of carbonyl (C=O) groups is 1. The molecule has 0 bridgehead atoms. The largest absolute Gasteiger partial charge is 0.497 e. The summed E-state index contributed by atoms with van der Waals surface area (Å²) in [7, 11) is 1.46. The molecular formula is C15H16FNO3S. The Morgan fingerprint density at radius 3 is 2.48 bits per heavy atom. The zero-order valence-corrected chi connectivity index (χ0v) is 13.0. The van der Waals surface area contributed by atoms with Crippen molar-refractivity contribution in [1.29, 1.82) is 0 Å². The summed E-state index contributed by atoms with van der Waals surface area (Å²) in [5.41, 5.74) is 0.315. The number of thiazole rings is 1. The minimum absolute atomic E-state index is 0.146. The van der Waals surface area contributed by atoms with Gasteiger partial charge in [-0.05, 0) is 12.1 Å². The van der Waals surface area contributed by atoms with Crippen molar-refractivity contribution < 1.29 is 19.0 Å². The molecule has 0 aliphatic carbocycles. The van der Waals surface area contributed by atoms with Gasteiger partial charge in [-0.3, -0.25) is 0 Å². The van der Waals surface area contributed by atoms with E-state index in [0.717, 1.165) is 11.3 Å². The number of carboxylic acids is 1. The lowest BCUT2D eigenvalue weighted by Crippen LogP contribution is -2.16. The Bertz CT molecular complexity index is 689. The van der Waals surface area contributed by atoms with Crippen molar-refractivity contribution in [2.24, 2.45) is 0 Å². The van der Waals surface area contributed by atoms with E-state index < -0.39 is 17.2 Å². The molecule has 0 atom stereocenters. The van der Waals surface area contributed by atoms with E-state index in [4.69, 9.17) is 4.74 Å². The predicted molar refractivity (Wildman–Crippen MR) is 79.7 cm³/mol. The molecule has 21 heavy (non-hydrogen) atoms. The van der Waals surface area contributed by atoms with Crippen LogP contribution >= 0.6 is 11.3 Å². The van der Waals surface area contributed by atoms with Gasteiger partial charge in [-0.2, -0.15) is 0 Å². The highest BCUT2D eigenvalue weighted by atomic mass is 32.1. The number of aromatic carboxylic acids is 1. The van der Waals surface area contributed by atoms with Crippen molar-refractivity contribution in [2.45, 2.75) is 26.2 Å². The minimum atomic E-state index is -1.04. The van der Waals surface area contributed by atoms with Gasteiger partial charge in [0.05, 0.1) is 12.8 Å². The Morgan fingerprint density at radius 1 is 1.38 bits per heavy atom. The number of nitrogens with zero attached hydrogens (tertiary/aromatic N) is 1. The van der Waals surface area contributed by atoms with Crippen LogP contribution in [0.1, 0.15) is 36.1 Å². The van der Waals surface area contributed by atoms with E-state index in [-0.39, 0.29) is 10.4 Å². The van der Waals surface area contributed by atoms with Crippen LogP contribution in [0.25, 0.3) is 10.6 Å². The fourth-order valence-corrected chi connectivity index (χ4v) is 3.03. The highest BCUT2D eigenvalue weighted by Crippen LogP contribution is 2.36. The summed E-state index contributed by atoms with van der Waals surface area (Å²) in [6.07, 6.45) is 0. The molecule has 1 aromatic carbocycles. The zero-order valence-electron chi connectivity index (χ0n) is 12.2. The van der Waals surface area contributed by atoms with Crippen LogP contribution < -0.4 is 4.74 Å². The van der Waals surface area contributed by atoms with Crippen molar-refractivity contribution in [3.8, 4) is 16.3 Å². The Kier molecular flexibility index (Phi) is 4.00. The summed E-state index contributed by atoms with van der Waals surface area (Å²) in [6.45, 7) is 5.63. The third kappa shape index (κ3) is 3.05. The molecule has 1 heterocycles. The minimum Gasteiger partial charge on any atom is -0.497 e. The SMILES string of the molecule is COc1ccc(-c2nc(C(C)(C)C)c(C(=O)O)s2)c(F)c1. The summed E-state index contributed by atoms with van der Waals surface area (Å²) >= 11 is 0.984. The van der Waals surface area contributed by atoms with Gasteiger partial charge in [0.25, 0.3) is 0 Å². The van der Waals surface area contributed by atoms with Gasteiger partial charge in [0.15, 0.2) is 0 Å². The van der Waals surface area contributed by atoms with E-state index in [1.165, 1.54) is 13.2 Å². The quantitative estimate of drug-likeness (QED) is 0.932. The van der Waals surface area contributed by atoms with Crippen LogP contribution in [-0.4, -0.2) is 23.2 Å². The molecule has 112 valence electrons. The maximum absolute atomic E-state index is 14.1. The molecule has 0 saturated heterocycles. The van der Waals surface area contributed by atoms with Crippen LogP contribution in [0.4, 0.5) is 4.39 Å². The Hall–Kier alpha value is -1.95. The lowest BCUT2D eigenvalue weighted by Gasteiger charge is -2.16. The van der Waals surface area contributed by atoms with Gasteiger partial charge >= 0.3 is 5.97 Å². The Morgan fingerprint density at radius 2 is 2.05 bits per heavy atom. The summed E-state index contributed by atoms with van der Waals surface area (Å²) in [4.78, 5) is 15.8. The van der Waals surface area contributed by atoms with Gasteiger partial charge in [-0.25, -0.2) is 14.2 Å². The number of hydrogen-bond donors (Lipinski definition) is 1. The molecule has 1 aromatic heterocycles. The highest BCUT2D eigenvalue weighted by molar-refractivity contribution is 7.17. The van der Waals surface area contributed by atoms with Crippen LogP contribution in [0.5, 0.6) is 5.75 Å². The van der Waals surface area contributed by atoms with Crippen molar-refractivity contribution in [3.05, 3.63) is 34.6 Å². The number of carboxylic acid groups (broad SMARTS) is 1. The zero-order chi connectivity index (χ0) is 15.8. The molecule has 0 saturated carbocycles. The van der Waals surface area contributed by atoms with Gasteiger partial charge in [-0.1, -0.05) is 20.8 Å². The van der Waals surface area contributed by atoms with Crippen LogP contribution in [0, 0.1) is 5.82 Å². The first-order valence-electron chi connectivity index (χ1n) is 6.32. The molecule has 0 unspecified atom stereocenters. The maximum atomic E-state index is 14.1. The van der Waals surface area contributed by atoms with E-state index in [1.54, 1.807) is 12.1 Å². The predicted octanol–water partition coefficient (Wildman–Crippen LogP) is 3.95. The van der Waals surface area contributed by atoms with Crippen LogP contribution in [-0.2, 0) is 5.41 Å². The smallest absolute Gasteiger partial charge is 0.347 e. The molecule has 0 spiro atoms. The van der Waals surface area contributed by atoms with Gasteiger partial charge in [0, 0.05) is 17.0 Å².